The van der Waals surface area contributed by atoms with Gasteiger partial charge in [-0.05, 0) is 71.6 Å². The van der Waals surface area contributed by atoms with Crippen molar-refractivity contribution in [3.8, 4) is 22.3 Å². The quantitative estimate of drug-likeness (QED) is 0.253. The maximum absolute atomic E-state index is 2.35. The number of fused-ring (bicyclic) bond motifs is 3. The fraction of sp³-hybridized carbons (Fsp3) is 0.118. The highest BCUT2D eigenvalue weighted by atomic mass is 14.3. The SMILES string of the molecule is CC(C)(C)c1ccc2c(-c3cccc4ccccc34)cccc2c1-c1ccc2ccccc2c1. The summed E-state index contributed by atoms with van der Waals surface area (Å²) in [5, 5.41) is 7.74. The van der Waals surface area contributed by atoms with Crippen LogP contribution in [-0.4, -0.2) is 0 Å². The van der Waals surface area contributed by atoms with Crippen molar-refractivity contribution in [1.29, 1.82) is 0 Å². The van der Waals surface area contributed by atoms with Gasteiger partial charge in [0.1, 0.15) is 0 Å². The van der Waals surface area contributed by atoms with Crippen LogP contribution < -0.4 is 0 Å². The van der Waals surface area contributed by atoms with Crippen LogP contribution in [0.25, 0.3) is 54.6 Å². The molecule has 34 heavy (non-hydrogen) atoms. The highest BCUT2D eigenvalue weighted by Crippen LogP contribution is 2.42. The second-order valence-corrected chi connectivity index (χ2v) is 10.2. The third-order valence-electron chi connectivity index (χ3n) is 6.99. The van der Waals surface area contributed by atoms with Crippen LogP contribution in [0.15, 0.2) is 115 Å². The molecule has 6 aromatic carbocycles. The summed E-state index contributed by atoms with van der Waals surface area (Å²) in [5.74, 6) is 0. The summed E-state index contributed by atoms with van der Waals surface area (Å²) in [6.45, 7) is 6.94. The Morgan fingerprint density at radius 2 is 1.06 bits per heavy atom. The molecule has 0 N–H and O–H groups in total. The van der Waals surface area contributed by atoms with Crippen molar-refractivity contribution in [1.82, 2.24) is 0 Å². The van der Waals surface area contributed by atoms with Crippen LogP contribution in [0, 0.1) is 0 Å². The van der Waals surface area contributed by atoms with Crippen LogP contribution in [0.3, 0.4) is 0 Å². The van der Waals surface area contributed by atoms with Crippen LogP contribution in [-0.2, 0) is 5.41 Å². The van der Waals surface area contributed by atoms with Gasteiger partial charge in [0.2, 0.25) is 0 Å². The Morgan fingerprint density at radius 1 is 0.441 bits per heavy atom. The summed E-state index contributed by atoms with van der Waals surface area (Å²) in [6.07, 6.45) is 0. The van der Waals surface area contributed by atoms with E-state index in [0.717, 1.165) is 0 Å². The Bertz CT molecular complexity index is 1670. The number of rotatable bonds is 2. The summed E-state index contributed by atoms with van der Waals surface area (Å²) in [4.78, 5) is 0. The van der Waals surface area contributed by atoms with E-state index in [-0.39, 0.29) is 5.41 Å². The molecule has 6 rings (SSSR count). The molecule has 0 fully saturated rings. The minimum atomic E-state index is 0.0324. The van der Waals surface area contributed by atoms with E-state index < -0.39 is 0 Å². The first-order valence-corrected chi connectivity index (χ1v) is 12.0. The molecule has 0 saturated heterocycles. The lowest BCUT2D eigenvalue weighted by Gasteiger charge is -2.25. The Balaban J connectivity index is 1.69. The van der Waals surface area contributed by atoms with E-state index in [9.17, 15) is 0 Å². The van der Waals surface area contributed by atoms with E-state index in [1.165, 1.54) is 60.1 Å². The summed E-state index contributed by atoms with van der Waals surface area (Å²) in [5.41, 5.74) is 6.62. The zero-order chi connectivity index (χ0) is 23.3. The highest BCUT2D eigenvalue weighted by Gasteiger charge is 2.22. The molecule has 0 saturated carbocycles. The molecule has 0 aliphatic heterocycles. The van der Waals surface area contributed by atoms with Crippen molar-refractivity contribution in [2.45, 2.75) is 26.2 Å². The van der Waals surface area contributed by atoms with Gasteiger partial charge in [-0.2, -0.15) is 0 Å². The van der Waals surface area contributed by atoms with Crippen molar-refractivity contribution in [2.24, 2.45) is 0 Å². The molecule has 0 nitrogen and oxygen atoms in total. The number of hydrogen-bond donors (Lipinski definition) is 0. The maximum atomic E-state index is 2.35. The van der Waals surface area contributed by atoms with Crippen molar-refractivity contribution >= 4 is 32.3 Å². The van der Waals surface area contributed by atoms with Crippen molar-refractivity contribution < 1.29 is 0 Å². The standard InChI is InChI=1S/C34H28/c1-34(2,3)32-21-20-30-29(28-15-8-13-24-11-6-7-14-27(24)28)16-9-17-31(30)33(32)26-19-18-23-10-4-5-12-25(23)22-26/h4-22H,1-3H3. The zero-order valence-electron chi connectivity index (χ0n) is 20.0. The van der Waals surface area contributed by atoms with Gasteiger partial charge in [0.15, 0.2) is 0 Å². The van der Waals surface area contributed by atoms with Gasteiger partial charge < -0.3 is 0 Å². The van der Waals surface area contributed by atoms with E-state index in [0.29, 0.717) is 0 Å². The Morgan fingerprint density at radius 3 is 1.85 bits per heavy atom. The molecule has 6 aromatic rings. The fourth-order valence-corrected chi connectivity index (χ4v) is 5.33. The molecular formula is C34H28. The normalized spacial score (nSPS) is 12.0. The molecule has 0 atom stereocenters. The number of hydrogen-bond acceptors (Lipinski definition) is 0. The molecule has 0 heteroatoms. The van der Waals surface area contributed by atoms with Crippen molar-refractivity contribution in [3.05, 3.63) is 121 Å². The Labute approximate surface area is 201 Å². The van der Waals surface area contributed by atoms with Crippen LogP contribution in [0.2, 0.25) is 0 Å². The van der Waals surface area contributed by atoms with Crippen molar-refractivity contribution in [3.63, 3.8) is 0 Å². The van der Waals surface area contributed by atoms with Gasteiger partial charge in [0.05, 0.1) is 0 Å². The first-order valence-electron chi connectivity index (χ1n) is 12.0. The topological polar surface area (TPSA) is 0 Å². The average Bonchev–Trinajstić information content (AvgIpc) is 2.86. The molecule has 0 aliphatic rings. The molecule has 0 unspecified atom stereocenters. The minimum absolute atomic E-state index is 0.0324. The van der Waals surface area contributed by atoms with E-state index in [1.807, 2.05) is 0 Å². The highest BCUT2D eigenvalue weighted by molar-refractivity contribution is 6.10. The molecule has 0 radical (unpaired) electrons. The number of benzene rings is 6. The van der Waals surface area contributed by atoms with Crippen LogP contribution in [0.4, 0.5) is 0 Å². The third kappa shape index (κ3) is 3.38. The fourth-order valence-electron chi connectivity index (χ4n) is 5.33. The summed E-state index contributed by atoms with van der Waals surface area (Å²) < 4.78 is 0. The molecule has 0 heterocycles. The largest absolute Gasteiger partial charge is 0.0616 e. The molecule has 0 spiro atoms. The van der Waals surface area contributed by atoms with Gasteiger partial charge in [-0.3, -0.25) is 0 Å². The predicted molar refractivity (Wildman–Crippen MR) is 149 cm³/mol. The molecule has 0 aromatic heterocycles. The van der Waals surface area contributed by atoms with E-state index in [1.54, 1.807) is 0 Å². The van der Waals surface area contributed by atoms with E-state index >= 15 is 0 Å². The summed E-state index contributed by atoms with van der Waals surface area (Å²) >= 11 is 0. The summed E-state index contributed by atoms with van der Waals surface area (Å²) in [7, 11) is 0. The monoisotopic (exact) mass is 436 g/mol. The second-order valence-electron chi connectivity index (χ2n) is 10.2. The Hall–Kier alpha value is -3.90. The second kappa shape index (κ2) is 7.85. The van der Waals surface area contributed by atoms with Gasteiger partial charge in [0, 0.05) is 0 Å². The maximum Gasteiger partial charge on any atom is -0.00675 e. The zero-order valence-corrected chi connectivity index (χ0v) is 20.0. The first-order chi connectivity index (χ1) is 16.5. The van der Waals surface area contributed by atoms with Crippen molar-refractivity contribution in [2.75, 3.05) is 0 Å². The lowest BCUT2D eigenvalue weighted by atomic mass is 9.78. The van der Waals surface area contributed by atoms with Gasteiger partial charge in [-0.15, -0.1) is 0 Å². The predicted octanol–water partition coefficient (Wildman–Crippen LogP) is 9.78. The smallest absolute Gasteiger partial charge is 0.00675 e. The van der Waals surface area contributed by atoms with Crippen LogP contribution in [0.1, 0.15) is 26.3 Å². The lowest BCUT2D eigenvalue weighted by molar-refractivity contribution is 0.593. The van der Waals surface area contributed by atoms with Crippen LogP contribution >= 0.6 is 0 Å². The molecule has 0 bridgehead atoms. The van der Waals surface area contributed by atoms with Gasteiger partial charge in [0.25, 0.3) is 0 Å². The van der Waals surface area contributed by atoms with E-state index in [2.05, 4.69) is 136 Å². The van der Waals surface area contributed by atoms with Crippen LogP contribution in [0.5, 0.6) is 0 Å². The average molecular weight is 437 g/mol. The first kappa shape index (κ1) is 20.7. The third-order valence-corrected chi connectivity index (χ3v) is 6.99. The van der Waals surface area contributed by atoms with Gasteiger partial charge in [-0.25, -0.2) is 0 Å². The molecule has 0 amide bonds. The van der Waals surface area contributed by atoms with Gasteiger partial charge in [-0.1, -0.05) is 130 Å². The Kier molecular flexibility index (Phi) is 4.78. The van der Waals surface area contributed by atoms with E-state index in [4.69, 9.17) is 0 Å². The molecule has 164 valence electrons. The summed E-state index contributed by atoms with van der Waals surface area (Å²) in [6, 6.07) is 42.3. The molecule has 0 aliphatic carbocycles. The lowest BCUT2D eigenvalue weighted by Crippen LogP contribution is -2.13. The molecular weight excluding hydrogens is 408 g/mol. The van der Waals surface area contributed by atoms with Gasteiger partial charge >= 0.3 is 0 Å². The minimum Gasteiger partial charge on any atom is -0.0616 e.